The number of urea groups is 1. The fraction of sp³-hybridized carbons (Fsp3) is 0.250. The molecule has 2 aromatic carbocycles. The van der Waals surface area contributed by atoms with Crippen molar-refractivity contribution >= 4 is 33.4 Å². The third kappa shape index (κ3) is 4.44. The number of carbonyl (C=O) groups is 3. The number of ether oxygens (including phenoxy) is 1. The summed E-state index contributed by atoms with van der Waals surface area (Å²) >= 11 is 0. The zero-order chi connectivity index (χ0) is 27.3. The first-order valence-electron chi connectivity index (χ1n) is 10.7. The maximum atomic E-state index is 13.7. The van der Waals surface area contributed by atoms with Gasteiger partial charge in [-0.1, -0.05) is 12.1 Å². The Morgan fingerprint density at radius 3 is 2.43 bits per heavy atom. The van der Waals surface area contributed by atoms with Crippen LogP contribution in [0.3, 0.4) is 0 Å². The summed E-state index contributed by atoms with van der Waals surface area (Å²) in [4.78, 5) is 40.6. The highest BCUT2D eigenvalue weighted by Gasteiger charge is 2.50. The predicted octanol–water partition coefficient (Wildman–Crippen LogP) is 4.35. The second kappa shape index (κ2) is 9.04. The van der Waals surface area contributed by atoms with Crippen molar-refractivity contribution < 1.29 is 40.7 Å². The summed E-state index contributed by atoms with van der Waals surface area (Å²) in [5.41, 5.74) is -1.53. The molecule has 0 radical (unpaired) electrons. The van der Waals surface area contributed by atoms with Crippen molar-refractivity contribution in [2.75, 3.05) is 18.3 Å². The molecule has 0 fully saturated rings. The number of nitriles is 1. The molecule has 3 amide bonds. The van der Waals surface area contributed by atoms with Crippen LogP contribution in [0, 0.1) is 11.3 Å². The molecular weight excluding hydrogens is 515 g/mol. The molecule has 0 aromatic heterocycles. The molecule has 1 aliphatic heterocycles. The molecule has 1 heterocycles. The number of nitrogens with zero attached hydrogens (tertiary/aromatic N) is 3. The van der Waals surface area contributed by atoms with Gasteiger partial charge in [-0.3, -0.25) is 9.69 Å². The number of halogens is 3. The van der Waals surface area contributed by atoms with Crippen LogP contribution >= 0.6 is 0 Å². The number of alkyl halides is 3. The molecule has 2 aliphatic rings. The van der Waals surface area contributed by atoms with Crippen LogP contribution in [0.2, 0.25) is 0 Å². The average Bonchev–Trinajstić information content (AvgIpc) is 3.22. The largest absolute Gasteiger partial charge is 0.452 e. The van der Waals surface area contributed by atoms with Gasteiger partial charge in [0.15, 0.2) is 15.6 Å². The molecule has 1 atom stereocenters. The maximum Gasteiger partial charge on any atom is 0.418 e. The van der Waals surface area contributed by atoms with Gasteiger partial charge in [-0.15, -0.1) is 0 Å². The van der Waals surface area contributed by atoms with E-state index in [0.717, 1.165) is 36.5 Å². The van der Waals surface area contributed by atoms with Gasteiger partial charge in [0.2, 0.25) is 0 Å². The molecule has 192 valence electrons. The predicted molar refractivity (Wildman–Crippen MR) is 122 cm³/mol. The van der Waals surface area contributed by atoms with Crippen LogP contribution in [0.15, 0.2) is 58.6 Å². The number of allylic oxidation sites excluding steroid dienone is 1. The summed E-state index contributed by atoms with van der Waals surface area (Å²) in [6, 6.07) is 6.50. The zero-order valence-corrected chi connectivity index (χ0v) is 20.2. The Hall–Kier alpha value is -4.18. The molecule has 0 saturated carbocycles. The first-order valence-corrected chi connectivity index (χ1v) is 12.6. The Kier molecular flexibility index (Phi) is 6.33. The summed E-state index contributed by atoms with van der Waals surface area (Å²) in [5, 5.41) is 9.25. The number of carbonyl (C=O) groups excluding carboxylic acids is 3. The minimum atomic E-state index is -4.73. The minimum Gasteiger partial charge on any atom is -0.452 e. The third-order valence-electron chi connectivity index (χ3n) is 6.04. The van der Waals surface area contributed by atoms with E-state index in [1.807, 2.05) is 6.07 Å². The van der Waals surface area contributed by atoms with Gasteiger partial charge in [0, 0.05) is 23.9 Å². The monoisotopic (exact) mass is 533 g/mol. The van der Waals surface area contributed by atoms with Crippen LogP contribution in [0.1, 0.15) is 35.6 Å². The Labute approximate surface area is 209 Å². The molecule has 1 aliphatic carbocycles. The molecule has 0 saturated heterocycles. The van der Waals surface area contributed by atoms with Crippen LogP contribution < -0.4 is 4.90 Å². The van der Waals surface area contributed by atoms with Gasteiger partial charge in [-0.25, -0.2) is 22.9 Å². The average molecular weight is 533 g/mol. The van der Waals surface area contributed by atoms with Crippen molar-refractivity contribution in [2.24, 2.45) is 0 Å². The van der Waals surface area contributed by atoms with Crippen molar-refractivity contribution in [2.45, 2.75) is 30.0 Å². The van der Waals surface area contributed by atoms with E-state index >= 15 is 0 Å². The lowest BCUT2D eigenvalue weighted by Gasteiger charge is -2.40. The van der Waals surface area contributed by atoms with E-state index in [1.165, 1.54) is 18.2 Å². The molecule has 13 heteroatoms. The van der Waals surface area contributed by atoms with Crippen LogP contribution in [0.4, 0.5) is 28.4 Å². The lowest BCUT2D eigenvalue weighted by atomic mass is 9.92. The van der Waals surface area contributed by atoms with Gasteiger partial charge in [-0.2, -0.15) is 18.4 Å². The number of hydrogen-bond acceptors (Lipinski definition) is 7. The standard InChI is InChI=1S/C24H18F3N3O6S/c1-36-23(33)30-21(16-7-6-13(12-28)10-19(16)37(2,34)35)20-17(8-9-18(20)31)29(22(30)32)15-5-3-4-14(11-15)24(25,26)27/h3-7,10-11,21H,8-9H2,1-2H3. The summed E-state index contributed by atoms with van der Waals surface area (Å²) in [7, 11) is -3.08. The zero-order valence-electron chi connectivity index (χ0n) is 19.4. The van der Waals surface area contributed by atoms with E-state index in [9.17, 15) is 41.2 Å². The number of benzene rings is 2. The highest BCUT2D eigenvalue weighted by atomic mass is 32.2. The van der Waals surface area contributed by atoms with Gasteiger partial charge < -0.3 is 4.74 Å². The van der Waals surface area contributed by atoms with Gasteiger partial charge in [0.1, 0.15) is 6.04 Å². The van der Waals surface area contributed by atoms with Gasteiger partial charge in [-0.05, 0) is 42.3 Å². The lowest BCUT2D eigenvalue weighted by Crippen LogP contribution is -2.52. The number of sulfone groups is 1. The summed E-state index contributed by atoms with van der Waals surface area (Å²) in [5.74, 6) is -0.526. The van der Waals surface area contributed by atoms with E-state index in [2.05, 4.69) is 0 Å². The highest BCUT2D eigenvalue weighted by Crippen LogP contribution is 2.47. The lowest BCUT2D eigenvalue weighted by molar-refractivity contribution is -0.137. The first kappa shape index (κ1) is 25.9. The Bertz CT molecular complexity index is 1520. The van der Waals surface area contributed by atoms with Gasteiger partial charge in [0.25, 0.3) is 0 Å². The van der Waals surface area contributed by atoms with Crippen molar-refractivity contribution in [1.29, 1.82) is 5.26 Å². The van der Waals surface area contributed by atoms with E-state index in [4.69, 9.17) is 4.74 Å². The second-order valence-electron chi connectivity index (χ2n) is 8.33. The van der Waals surface area contributed by atoms with Crippen molar-refractivity contribution in [3.8, 4) is 6.07 Å². The fourth-order valence-corrected chi connectivity index (χ4v) is 5.43. The number of anilines is 1. The normalized spacial score (nSPS) is 18.1. The van der Waals surface area contributed by atoms with Crippen LogP contribution in [-0.2, 0) is 25.5 Å². The molecule has 37 heavy (non-hydrogen) atoms. The van der Waals surface area contributed by atoms with E-state index < -0.39 is 50.4 Å². The highest BCUT2D eigenvalue weighted by molar-refractivity contribution is 7.90. The van der Waals surface area contributed by atoms with Gasteiger partial charge >= 0.3 is 18.3 Å². The minimum absolute atomic E-state index is 0.0199. The topological polar surface area (TPSA) is 125 Å². The molecule has 1 unspecified atom stereocenters. The molecule has 2 aromatic rings. The van der Waals surface area contributed by atoms with E-state index in [1.54, 1.807) is 0 Å². The maximum absolute atomic E-state index is 13.7. The van der Waals surface area contributed by atoms with Crippen LogP contribution in [0.5, 0.6) is 0 Å². The van der Waals surface area contributed by atoms with Crippen molar-refractivity contribution in [1.82, 2.24) is 4.90 Å². The first-order chi connectivity index (χ1) is 17.3. The summed E-state index contributed by atoms with van der Waals surface area (Å²) in [6.45, 7) is 0. The molecule has 0 spiro atoms. The summed E-state index contributed by atoms with van der Waals surface area (Å²) < 4.78 is 70.2. The van der Waals surface area contributed by atoms with E-state index in [-0.39, 0.29) is 40.9 Å². The molecule has 0 N–H and O–H groups in total. The number of amides is 3. The Morgan fingerprint density at radius 1 is 1.14 bits per heavy atom. The molecule has 9 nitrogen and oxygen atoms in total. The van der Waals surface area contributed by atoms with Crippen LogP contribution in [-0.4, -0.2) is 44.6 Å². The second-order valence-corrected chi connectivity index (χ2v) is 10.3. The third-order valence-corrected chi connectivity index (χ3v) is 7.19. The number of imide groups is 1. The number of hydrogen-bond donors (Lipinski definition) is 0. The van der Waals surface area contributed by atoms with Gasteiger partial charge in [0.05, 0.1) is 34.9 Å². The molecular formula is C24H18F3N3O6S. The van der Waals surface area contributed by atoms with Crippen molar-refractivity contribution in [3.05, 3.63) is 70.4 Å². The smallest absolute Gasteiger partial charge is 0.418 e. The van der Waals surface area contributed by atoms with Crippen molar-refractivity contribution in [3.63, 3.8) is 0 Å². The van der Waals surface area contributed by atoms with E-state index in [0.29, 0.717) is 11.0 Å². The number of rotatable bonds is 3. The SMILES string of the molecule is COC(=O)N1C(=O)N(c2cccc(C(F)(F)F)c2)C2=C(C(=O)CC2)C1c1ccc(C#N)cc1S(C)(=O)=O. The quantitative estimate of drug-likeness (QED) is 0.575. The number of methoxy groups -OCH3 is 1. The number of ketones is 1. The Balaban J connectivity index is 2.03. The van der Waals surface area contributed by atoms with Crippen LogP contribution in [0.25, 0.3) is 0 Å². The Morgan fingerprint density at radius 2 is 1.84 bits per heavy atom. The molecule has 4 rings (SSSR count). The number of Topliss-reactive ketones (excluding diaryl/α,β-unsaturated/α-hetero) is 1. The summed E-state index contributed by atoms with van der Waals surface area (Å²) in [6.07, 6.45) is -5.28. The fourth-order valence-electron chi connectivity index (χ4n) is 4.48. The molecule has 0 bridgehead atoms.